The van der Waals surface area contributed by atoms with Gasteiger partial charge in [-0.2, -0.15) is 8.78 Å². The second-order valence-corrected chi connectivity index (χ2v) is 4.09. The molecule has 1 aromatic carbocycles. The molecule has 2 rings (SSSR count). The van der Waals surface area contributed by atoms with Gasteiger partial charge in [-0.1, -0.05) is 6.07 Å². The van der Waals surface area contributed by atoms with Crippen molar-refractivity contribution in [2.75, 3.05) is 0 Å². The number of carboxylic acid groups (broad SMARTS) is 1. The molecule has 0 aliphatic heterocycles. The number of carbonyl (C=O) groups is 1. The van der Waals surface area contributed by atoms with Gasteiger partial charge in [0.05, 0.1) is 11.3 Å². The van der Waals surface area contributed by atoms with Crippen molar-refractivity contribution in [3.8, 4) is 5.69 Å². The smallest absolute Gasteiger partial charge is 0.335 e. The first kappa shape index (κ1) is 13.0. The first-order valence-electron chi connectivity index (χ1n) is 5.33. The zero-order chi connectivity index (χ0) is 14.2. The van der Waals surface area contributed by atoms with Gasteiger partial charge in [-0.25, -0.2) is 9.48 Å². The van der Waals surface area contributed by atoms with Crippen LogP contribution < -0.4 is 5.56 Å². The maximum absolute atomic E-state index is 13.1. The third-order valence-electron chi connectivity index (χ3n) is 2.54. The third kappa shape index (κ3) is 2.54. The molecule has 0 saturated heterocycles. The Morgan fingerprint density at radius 3 is 2.58 bits per heavy atom. The van der Waals surface area contributed by atoms with Gasteiger partial charge in [-0.05, 0) is 18.2 Å². The van der Waals surface area contributed by atoms with E-state index in [0.29, 0.717) is 6.92 Å². The van der Waals surface area contributed by atoms with Crippen molar-refractivity contribution in [1.29, 1.82) is 0 Å². The molecular formula is C12H10F2N2O3. The number of halogens is 2. The van der Waals surface area contributed by atoms with Crippen molar-refractivity contribution in [3.63, 3.8) is 0 Å². The number of rotatable bonds is 3. The van der Waals surface area contributed by atoms with E-state index in [1.54, 1.807) is 0 Å². The van der Waals surface area contributed by atoms with Crippen LogP contribution >= 0.6 is 0 Å². The van der Waals surface area contributed by atoms with Gasteiger partial charge in [0.15, 0.2) is 0 Å². The Hall–Kier alpha value is -2.44. The molecule has 1 heterocycles. The van der Waals surface area contributed by atoms with Crippen molar-refractivity contribution in [2.45, 2.75) is 12.8 Å². The van der Waals surface area contributed by atoms with Crippen molar-refractivity contribution >= 4 is 5.97 Å². The van der Waals surface area contributed by atoms with Crippen LogP contribution in [-0.2, 0) is 5.92 Å². The molecule has 0 spiro atoms. The monoisotopic (exact) mass is 268 g/mol. The number of nitrogens with one attached hydrogen (secondary N) is 1. The summed E-state index contributed by atoms with van der Waals surface area (Å²) < 4.78 is 27.1. The molecule has 19 heavy (non-hydrogen) atoms. The summed E-state index contributed by atoms with van der Waals surface area (Å²) >= 11 is 0. The number of alkyl halides is 2. The number of hydrogen-bond acceptors (Lipinski definition) is 2. The molecule has 0 fully saturated rings. The molecule has 2 aromatic rings. The van der Waals surface area contributed by atoms with E-state index in [-0.39, 0.29) is 11.3 Å². The normalized spacial score (nSPS) is 11.5. The van der Waals surface area contributed by atoms with E-state index >= 15 is 0 Å². The lowest BCUT2D eigenvalue weighted by Crippen LogP contribution is -2.14. The van der Waals surface area contributed by atoms with Crippen LogP contribution in [0.25, 0.3) is 5.69 Å². The lowest BCUT2D eigenvalue weighted by molar-refractivity contribution is 0.0124. The Labute approximate surface area is 106 Å². The minimum Gasteiger partial charge on any atom is -0.478 e. The summed E-state index contributed by atoms with van der Waals surface area (Å²) in [5.74, 6) is -4.34. The highest BCUT2D eigenvalue weighted by atomic mass is 19.3. The average molecular weight is 268 g/mol. The zero-order valence-corrected chi connectivity index (χ0v) is 9.85. The highest BCUT2D eigenvalue weighted by Gasteiger charge is 2.27. The Balaban J connectivity index is 2.54. The molecule has 0 unspecified atom stereocenters. The molecule has 0 aliphatic rings. The summed E-state index contributed by atoms with van der Waals surface area (Å²) in [5.41, 5.74) is -1.07. The van der Waals surface area contributed by atoms with Gasteiger partial charge >= 0.3 is 5.97 Å². The van der Waals surface area contributed by atoms with E-state index in [9.17, 15) is 18.4 Å². The van der Waals surface area contributed by atoms with Crippen LogP contribution in [0.3, 0.4) is 0 Å². The largest absolute Gasteiger partial charge is 0.478 e. The van der Waals surface area contributed by atoms with E-state index in [2.05, 4.69) is 5.10 Å². The van der Waals surface area contributed by atoms with Crippen molar-refractivity contribution < 1.29 is 18.7 Å². The number of nitrogens with zero attached hydrogens (tertiary/aromatic N) is 1. The van der Waals surface area contributed by atoms with Crippen molar-refractivity contribution in [2.24, 2.45) is 0 Å². The number of carboxylic acids is 1. The van der Waals surface area contributed by atoms with Crippen molar-refractivity contribution in [3.05, 3.63) is 51.9 Å². The molecule has 100 valence electrons. The SMILES string of the molecule is CC(F)(F)c1cc(=O)n(-c2cccc(C(=O)O)c2)[nH]1. The lowest BCUT2D eigenvalue weighted by Gasteiger charge is -2.07. The Bertz CT molecular complexity index is 683. The Kier molecular flexibility index (Phi) is 2.97. The molecule has 2 N–H and O–H groups in total. The summed E-state index contributed by atoms with van der Waals surface area (Å²) in [7, 11) is 0. The fourth-order valence-corrected chi connectivity index (χ4v) is 1.59. The zero-order valence-electron chi connectivity index (χ0n) is 9.85. The number of hydrogen-bond donors (Lipinski definition) is 2. The number of benzene rings is 1. The van der Waals surface area contributed by atoms with E-state index < -0.39 is 23.1 Å². The molecule has 0 aliphatic carbocycles. The summed E-state index contributed by atoms with van der Waals surface area (Å²) in [5, 5.41) is 11.1. The highest BCUT2D eigenvalue weighted by molar-refractivity contribution is 5.88. The maximum Gasteiger partial charge on any atom is 0.335 e. The van der Waals surface area contributed by atoms with Crippen molar-refractivity contribution in [1.82, 2.24) is 9.78 Å². The molecule has 0 amide bonds. The summed E-state index contributed by atoms with van der Waals surface area (Å²) in [6.45, 7) is 0.663. The van der Waals surface area contributed by atoms with Crippen LogP contribution in [0.15, 0.2) is 35.1 Å². The van der Waals surface area contributed by atoms with E-state index in [1.807, 2.05) is 0 Å². The van der Waals surface area contributed by atoms with Crippen LogP contribution in [0.4, 0.5) is 8.78 Å². The fraction of sp³-hybridized carbons (Fsp3) is 0.167. The minimum absolute atomic E-state index is 0.0381. The fourth-order valence-electron chi connectivity index (χ4n) is 1.59. The molecule has 0 radical (unpaired) electrons. The molecule has 5 nitrogen and oxygen atoms in total. The average Bonchev–Trinajstić information content (AvgIpc) is 2.71. The molecular weight excluding hydrogens is 258 g/mol. The molecule has 0 bridgehead atoms. The molecule has 7 heteroatoms. The number of aromatic nitrogens is 2. The van der Waals surface area contributed by atoms with Crippen LogP contribution in [0.1, 0.15) is 23.0 Å². The van der Waals surface area contributed by atoms with Gasteiger partial charge in [-0.3, -0.25) is 9.89 Å². The second kappa shape index (κ2) is 4.34. The summed E-state index contributed by atoms with van der Waals surface area (Å²) in [4.78, 5) is 22.4. The second-order valence-electron chi connectivity index (χ2n) is 4.09. The van der Waals surface area contributed by atoms with Crippen LogP contribution in [0.2, 0.25) is 0 Å². The molecule has 0 atom stereocenters. The first-order valence-corrected chi connectivity index (χ1v) is 5.33. The minimum atomic E-state index is -3.17. The van der Waals surface area contributed by atoms with E-state index in [0.717, 1.165) is 10.7 Å². The van der Waals surface area contributed by atoms with Crippen LogP contribution in [0, 0.1) is 0 Å². The quantitative estimate of drug-likeness (QED) is 0.893. The van der Waals surface area contributed by atoms with Gasteiger partial charge in [-0.15, -0.1) is 0 Å². The third-order valence-corrected chi connectivity index (χ3v) is 2.54. The summed E-state index contributed by atoms with van der Waals surface area (Å²) in [6.07, 6.45) is 0. The predicted molar refractivity (Wildman–Crippen MR) is 62.9 cm³/mol. The lowest BCUT2D eigenvalue weighted by atomic mass is 10.2. The highest BCUT2D eigenvalue weighted by Crippen LogP contribution is 2.24. The number of H-pyrrole nitrogens is 1. The summed E-state index contributed by atoms with van der Waals surface area (Å²) in [6, 6.07) is 6.22. The predicted octanol–water partition coefficient (Wildman–Crippen LogP) is 1.98. The van der Waals surface area contributed by atoms with E-state index in [1.165, 1.54) is 24.3 Å². The Morgan fingerprint density at radius 2 is 2.05 bits per heavy atom. The van der Waals surface area contributed by atoms with Gasteiger partial charge < -0.3 is 5.11 Å². The topological polar surface area (TPSA) is 75.1 Å². The van der Waals surface area contributed by atoms with Gasteiger partial charge in [0.25, 0.3) is 11.5 Å². The molecule has 1 aromatic heterocycles. The number of aromatic amines is 1. The standard InChI is InChI=1S/C12H10F2N2O3/c1-12(13,14)9-6-10(17)16(15-9)8-4-2-3-7(5-8)11(18)19/h2-6,15H,1H3,(H,18,19). The van der Waals surface area contributed by atoms with Gasteiger partial charge in [0, 0.05) is 13.0 Å². The van der Waals surface area contributed by atoms with Crippen LogP contribution in [-0.4, -0.2) is 20.9 Å². The maximum atomic E-state index is 13.1. The van der Waals surface area contributed by atoms with E-state index in [4.69, 9.17) is 5.11 Å². The molecule has 0 saturated carbocycles. The first-order chi connectivity index (χ1) is 8.79. The van der Waals surface area contributed by atoms with Gasteiger partial charge in [0.1, 0.15) is 5.69 Å². The Morgan fingerprint density at radius 1 is 1.37 bits per heavy atom. The van der Waals surface area contributed by atoms with Crippen LogP contribution in [0.5, 0.6) is 0 Å². The number of aromatic carboxylic acids is 1. The van der Waals surface area contributed by atoms with Gasteiger partial charge in [0.2, 0.25) is 0 Å².